The van der Waals surface area contributed by atoms with E-state index in [9.17, 15) is 9.18 Å². The molecule has 4 nitrogen and oxygen atoms in total. The summed E-state index contributed by atoms with van der Waals surface area (Å²) in [6, 6.07) is 6.41. The van der Waals surface area contributed by atoms with Crippen molar-refractivity contribution in [2.45, 2.75) is 46.2 Å². The number of hydrogen-bond donors (Lipinski definition) is 1. The van der Waals surface area contributed by atoms with Crippen LogP contribution in [0.25, 0.3) is 0 Å². The first-order valence-electron chi connectivity index (χ1n) is 8.30. The average molecular weight is 330 g/mol. The Morgan fingerprint density at radius 2 is 2.08 bits per heavy atom. The van der Waals surface area contributed by atoms with Crippen LogP contribution in [-0.4, -0.2) is 17.1 Å². The average Bonchev–Trinajstić information content (AvgIpc) is 2.82. The summed E-state index contributed by atoms with van der Waals surface area (Å²) in [6.07, 6.45) is 0.630. The Kier molecular flexibility index (Phi) is 4.35. The number of carbonyl (C=O) groups is 1. The van der Waals surface area contributed by atoms with Crippen molar-refractivity contribution < 1.29 is 13.9 Å². The molecule has 0 unspecified atom stereocenters. The molecule has 1 atom stereocenters. The van der Waals surface area contributed by atoms with Crippen LogP contribution in [0.5, 0.6) is 5.75 Å². The van der Waals surface area contributed by atoms with Gasteiger partial charge in [0.25, 0.3) is 5.91 Å². The Hall–Kier alpha value is -2.30. The van der Waals surface area contributed by atoms with Crippen molar-refractivity contribution in [1.82, 2.24) is 9.88 Å². The van der Waals surface area contributed by atoms with Crippen LogP contribution in [0.1, 0.15) is 59.7 Å². The molecule has 0 bridgehead atoms. The van der Waals surface area contributed by atoms with Crippen LogP contribution in [0.3, 0.4) is 0 Å². The van der Waals surface area contributed by atoms with E-state index in [1.165, 1.54) is 12.1 Å². The molecule has 0 saturated heterocycles. The highest BCUT2D eigenvalue weighted by Gasteiger charge is 2.25. The van der Waals surface area contributed by atoms with Gasteiger partial charge in [-0.2, -0.15) is 0 Å². The molecule has 24 heavy (non-hydrogen) atoms. The molecule has 1 aliphatic heterocycles. The number of aryl methyl sites for hydroxylation is 1. The van der Waals surface area contributed by atoms with Gasteiger partial charge in [0.05, 0.1) is 18.2 Å². The Morgan fingerprint density at radius 1 is 1.33 bits per heavy atom. The summed E-state index contributed by atoms with van der Waals surface area (Å²) in [7, 11) is 0. The second kappa shape index (κ2) is 6.30. The number of aromatic nitrogens is 1. The van der Waals surface area contributed by atoms with Crippen LogP contribution in [0, 0.1) is 19.7 Å². The van der Waals surface area contributed by atoms with Gasteiger partial charge in [-0.3, -0.25) is 4.79 Å². The predicted molar refractivity (Wildman–Crippen MR) is 91.0 cm³/mol. The molecule has 1 aromatic carbocycles. The van der Waals surface area contributed by atoms with Gasteiger partial charge in [0, 0.05) is 29.4 Å². The molecule has 2 heterocycles. The lowest BCUT2D eigenvalue weighted by molar-refractivity contribution is 0.0924. The second-order valence-corrected chi connectivity index (χ2v) is 6.59. The SMILES string of the molecule is Cc1cc(C(=O)N[C@@H]2CCOc3ccc(F)cc32)c(C)n1C(C)C. The number of carbonyl (C=O) groups excluding carboxylic acids is 1. The topological polar surface area (TPSA) is 43.3 Å². The Balaban J connectivity index is 1.87. The van der Waals surface area contributed by atoms with E-state index in [1.807, 2.05) is 19.9 Å². The van der Waals surface area contributed by atoms with E-state index in [-0.39, 0.29) is 17.8 Å². The van der Waals surface area contributed by atoms with Gasteiger partial charge < -0.3 is 14.6 Å². The minimum absolute atomic E-state index is 0.128. The molecule has 3 rings (SSSR count). The highest BCUT2D eigenvalue weighted by molar-refractivity contribution is 5.96. The van der Waals surface area contributed by atoms with Crippen LogP contribution < -0.4 is 10.1 Å². The number of ether oxygens (including phenoxy) is 1. The first-order valence-corrected chi connectivity index (χ1v) is 8.30. The van der Waals surface area contributed by atoms with Crippen molar-refractivity contribution in [3.05, 3.63) is 52.6 Å². The van der Waals surface area contributed by atoms with Gasteiger partial charge in [-0.15, -0.1) is 0 Å². The molecular weight excluding hydrogens is 307 g/mol. The second-order valence-electron chi connectivity index (χ2n) is 6.59. The number of fused-ring (bicyclic) bond motifs is 1. The Morgan fingerprint density at radius 3 is 2.75 bits per heavy atom. The minimum Gasteiger partial charge on any atom is -0.493 e. The predicted octanol–water partition coefficient (Wildman–Crippen LogP) is 4.08. The molecular formula is C19H23FN2O2. The zero-order chi connectivity index (χ0) is 17.4. The third kappa shape index (κ3) is 2.90. The van der Waals surface area contributed by atoms with Crippen molar-refractivity contribution in [3.63, 3.8) is 0 Å². The van der Waals surface area contributed by atoms with Crippen LogP contribution >= 0.6 is 0 Å². The lowest BCUT2D eigenvalue weighted by Crippen LogP contribution is -2.32. The van der Waals surface area contributed by atoms with Gasteiger partial charge in [-0.25, -0.2) is 4.39 Å². The van der Waals surface area contributed by atoms with E-state index in [1.54, 1.807) is 6.07 Å². The van der Waals surface area contributed by atoms with Crippen molar-refractivity contribution in [2.75, 3.05) is 6.61 Å². The molecule has 0 aliphatic carbocycles. The highest BCUT2D eigenvalue weighted by Crippen LogP contribution is 2.33. The largest absolute Gasteiger partial charge is 0.493 e. The Labute approximate surface area is 141 Å². The lowest BCUT2D eigenvalue weighted by Gasteiger charge is -2.26. The zero-order valence-corrected chi connectivity index (χ0v) is 14.5. The number of benzene rings is 1. The molecule has 0 saturated carbocycles. The van der Waals surface area contributed by atoms with Gasteiger partial charge >= 0.3 is 0 Å². The van der Waals surface area contributed by atoms with E-state index < -0.39 is 0 Å². The van der Waals surface area contributed by atoms with Crippen molar-refractivity contribution in [1.29, 1.82) is 0 Å². The van der Waals surface area contributed by atoms with Crippen molar-refractivity contribution in [3.8, 4) is 5.75 Å². The van der Waals surface area contributed by atoms with E-state index in [2.05, 4.69) is 23.7 Å². The number of hydrogen-bond acceptors (Lipinski definition) is 2. The molecule has 1 amide bonds. The first kappa shape index (κ1) is 16.6. The number of halogens is 1. The van der Waals surface area contributed by atoms with Gasteiger partial charge in [0.15, 0.2) is 0 Å². The maximum Gasteiger partial charge on any atom is 0.253 e. The maximum atomic E-state index is 13.6. The number of nitrogens with zero attached hydrogens (tertiary/aromatic N) is 1. The molecule has 128 valence electrons. The number of nitrogens with one attached hydrogen (secondary N) is 1. The quantitative estimate of drug-likeness (QED) is 0.921. The van der Waals surface area contributed by atoms with E-state index in [0.717, 1.165) is 11.4 Å². The summed E-state index contributed by atoms with van der Waals surface area (Å²) in [5, 5.41) is 3.04. The summed E-state index contributed by atoms with van der Waals surface area (Å²) in [6.45, 7) is 8.66. The molecule has 2 aromatic rings. The summed E-state index contributed by atoms with van der Waals surface area (Å²) in [5.41, 5.74) is 3.38. The Bertz CT molecular complexity index is 780. The molecule has 0 radical (unpaired) electrons. The standard InChI is InChI=1S/C19H23FN2O2/c1-11(2)22-12(3)9-15(13(22)4)19(23)21-17-7-8-24-18-6-5-14(20)10-16(17)18/h5-6,9-11,17H,7-8H2,1-4H3,(H,21,23)/t17-/m1/s1. The summed E-state index contributed by atoms with van der Waals surface area (Å²) in [5.74, 6) is 0.189. The van der Waals surface area contributed by atoms with Gasteiger partial charge in [-0.05, 0) is 52.0 Å². The third-order valence-corrected chi connectivity index (χ3v) is 4.56. The molecule has 0 fully saturated rings. The first-order chi connectivity index (χ1) is 11.4. The monoisotopic (exact) mass is 330 g/mol. The molecule has 1 N–H and O–H groups in total. The van der Waals surface area contributed by atoms with Crippen LogP contribution in [-0.2, 0) is 0 Å². The zero-order valence-electron chi connectivity index (χ0n) is 14.5. The van der Waals surface area contributed by atoms with Crippen molar-refractivity contribution >= 4 is 5.91 Å². The molecule has 1 aliphatic rings. The molecule has 1 aromatic heterocycles. The lowest BCUT2D eigenvalue weighted by atomic mass is 10.00. The van der Waals surface area contributed by atoms with Gasteiger partial charge in [-0.1, -0.05) is 0 Å². The molecule has 5 heteroatoms. The summed E-state index contributed by atoms with van der Waals surface area (Å²) in [4.78, 5) is 12.8. The van der Waals surface area contributed by atoms with E-state index >= 15 is 0 Å². The van der Waals surface area contributed by atoms with E-state index in [4.69, 9.17) is 4.74 Å². The van der Waals surface area contributed by atoms with Crippen molar-refractivity contribution in [2.24, 2.45) is 0 Å². The highest BCUT2D eigenvalue weighted by atomic mass is 19.1. The van der Waals surface area contributed by atoms with E-state index in [0.29, 0.717) is 35.9 Å². The van der Waals surface area contributed by atoms with Crippen LogP contribution in [0.15, 0.2) is 24.3 Å². The normalized spacial score (nSPS) is 16.7. The molecule has 0 spiro atoms. The minimum atomic E-state index is -0.323. The smallest absolute Gasteiger partial charge is 0.253 e. The third-order valence-electron chi connectivity index (χ3n) is 4.56. The number of amides is 1. The summed E-state index contributed by atoms with van der Waals surface area (Å²) < 4.78 is 21.3. The van der Waals surface area contributed by atoms with Gasteiger partial charge in [0.2, 0.25) is 0 Å². The fraction of sp³-hybridized carbons (Fsp3) is 0.421. The number of rotatable bonds is 3. The maximum absolute atomic E-state index is 13.6. The summed E-state index contributed by atoms with van der Waals surface area (Å²) >= 11 is 0. The van der Waals surface area contributed by atoms with Crippen LogP contribution in [0.4, 0.5) is 4.39 Å². The fourth-order valence-electron chi connectivity index (χ4n) is 3.55. The van der Waals surface area contributed by atoms with Gasteiger partial charge in [0.1, 0.15) is 11.6 Å². The fourth-order valence-corrected chi connectivity index (χ4v) is 3.55. The van der Waals surface area contributed by atoms with Crippen LogP contribution in [0.2, 0.25) is 0 Å².